The number of aliphatic imine (C=N–C) groups is 1. The van der Waals surface area contributed by atoms with Gasteiger partial charge in [0.15, 0.2) is 5.96 Å². The summed E-state index contributed by atoms with van der Waals surface area (Å²) < 4.78 is 11.4. The first-order valence-electron chi connectivity index (χ1n) is 10.7. The third-order valence-corrected chi connectivity index (χ3v) is 6.29. The van der Waals surface area contributed by atoms with Crippen molar-refractivity contribution in [2.75, 3.05) is 47.0 Å². The monoisotopic (exact) mass is 430 g/mol. The van der Waals surface area contributed by atoms with Crippen LogP contribution in [0.25, 0.3) is 0 Å². The van der Waals surface area contributed by atoms with Crippen LogP contribution in [-0.4, -0.2) is 63.9 Å². The second-order valence-corrected chi connectivity index (χ2v) is 8.53. The molecule has 1 aromatic heterocycles. The molecule has 0 amide bonds. The fourth-order valence-electron chi connectivity index (χ4n) is 3.53. The average molecular weight is 431 g/mol. The van der Waals surface area contributed by atoms with E-state index in [-0.39, 0.29) is 0 Å². The summed E-state index contributed by atoms with van der Waals surface area (Å²) in [5.74, 6) is 1.73. The molecule has 0 radical (unpaired) electrons. The van der Waals surface area contributed by atoms with Crippen molar-refractivity contribution in [2.45, 2.75) is 31.8 Å². The van der Waals surface area contributed by atoms with Crippen LogP contribution in [0, 0.1) is 0 Å². The first-order chi connectivity index (χ1) is 14.7. The summed E-state index contributed by atoms with van der Waals surface area (Å²) in [6.45, 7) is 4.93. The van der Waals surface area contributed by atoms with Crippen molar-refractivity contribution in [2.24, 2.45) is 4.99 Å². The molecule has 0 bridgehead atoms. The van der Waals surface area contributed by atoms with Crippen molar-refractivity contribution < 1.29 is 9.47 Å². The number of hydrogen-bond acceptors (Lipinski definition) is 5. The molecule has 7 heteroatoms. The van der Waals surface area contributed by atoms with E-state index in [1.54, 1.807) is 18.4 Å². The third kappa shape index (κ3) is 7.63. The van der Waals surface area contributed by atoms with Gasteiger partial charge >= 0.3 is 0 Å². The first kappa shape index (κ1) is 22.6. The summed E-state index contributed by atoms with van der Waals surface area (Å²) in [5, 5.41) is 8.86. The van der Waals surface area contributed by atoms with Gasteiger partial charge in [0, 0.05) is 50.8 Å². The Kier molecular flexibility index (Phi) is 9.47. The topological polar surface area (TPSA) is 58.1 Å². The highest BCUT2D eigenvalue weighted by Crippen LogP contribution is 2.15. The quantitative estimate of drug-likeness (QED) is 0.448. The maximum Gasteiger partial charge on any atom is 0.191 e. The van der Waals surface area contributed by atoms with Gasteiger partial charge in [-0.25, -0.2) is 0 Å². The Hall–Kier alpha value is -2.09. The molecule has 164 valence electrons. The van der Waals surface area contributed by atoms with Crippen molar-refractivity contribution in [3.8, 4) is 5.75 Å². The Labute approximate surface area is 184 Å². The molecule has 2 aromatic rings. The molecule has 30 heavy (non-hydrogen) atoms. The van der Waals surface area contributed by atoms with Crippen LogP contribution in [0.15, 0.2) is 46.8 Å². The minimum absolute atomic E-state index is 0.608. The summed E-state index contributed by atoms with van der Waals surface area (Å²) in [7, 11) is 3.98. The van der Waals surface area contributed by atoms with Crippen molar-refractivity contribution in [3.63, 3.8) is 0 Å². The predicted octanol–water partition coefficient (Wildman–Crippen LogP) is 3.15. The zero-order chi connectivity index (χ0) is 21.0. The summed E-state index contributed by atoms with van der Waals surface area (Å²) in [4.78, 5) is 8.08. The predicted molar refractivity (Wildman–Crippen MR) is 125 cm³/mol. The molecule has 0 saturated carbocycles. The molecule has 3 rings (SSSR count). The van der Waals surface area contributed by atoms with Crippen molar-refractivity contribution >= 4 is 17.3 Å². The fraction of sp³-hybridized carbons (Fsp3) is 0.522. The van der Waals surface area contributed by atoms with Crippen LogP contribution in [0.2, 0.25) is 0 Å². The lowest BCUT2D eigenvalue weighted by atomic mass is 10.1. The molecule has 0 unspecified atom stereocenters. The zero-order valence-electron chi connectivity index (χ0n) is 18.1. The van der Waals surface area contributed by atoms with Crippen molar-refractivity contribution in [1.82, 2.24) is 15.5 Å². The molecule has 1 fully saturated rings. The zero-order valence-corrected chi connectivity index (χ0v) is 18.9. The highest BCUT2D eigenvalue weighted by Gasteiger charge is 2.17. The van der Waals surface area contributed by atoms with E-state index >= 15 is 0 Å². The van der Waals surface area contributed by atoms with Crippen LogP contribution in [0.4, 0.5) is 0 Å². The van der Waals surface area contributed by atoms with Gasteiger partial charge in [0.05, 0.1) is 0 Å². The molecule has 0 aliphatic carbocycles. The molecule has 2 heterocycles. The number of benzene rings is 1. The van der Waals surface area contributed by atoms with Crippen LogP contribution in [0.5, 0.6) is 5.75 Å². The SMILES string of the molecule is CN=C(NCCc1cccs1)NCc1cccc(OCCN(C)C2CCOCC2)c1. The number of likely N-dealkylation sites (N-methyl/N-ethyl adjacent to an activating group) is 1. The molecule has 1 aromatic carbocycles. The van der Waals surface area contributed by atoms with E-state index in [1.807, 2.05) is 12.1 Å². The minimum atomic E-state index is 0.608. The number of hydrogen-bond donors (Lipinski definition) is 2. The van der Waals surface area contributed by atoms with Crippen molar-refractivity contribution in [3.05, 3.63) is 52.2 Å². The van der Waals surface area contributed by atoms with Crippen molar-refractivity contribution in [1.29, 1.82) is 0 Å². The lowest BCUT2D eigenvalue weighted by molar-refractivity contribution is 0.0392. The fourth-order valence-corrected chi connectivity index (χ4v) is 4.24. The van der Waals surface area contributed by atoms with Crippen LogP contribution in [0.3, 0.4) is 0 Å². The van der Waals surface area contributed by atoms with E-state index in [1.165, 1.54) is 10.4 Å². The van der Waals surface area contributed by atoms with E-state index in [4.69, 9.17) is 9.47 Å². The van der Waals surface area contributed by atoms with E-state index in [2.05, 4.69) is 57.2 Å². The number of rotatable bonds is 10. The number of guanidine groups is 1. The minimum Gasteiger partial charge on any atom is -0.492 e. The van der Waals surface area contributed by atoms with Gasteiger partial charge in [-0.15, -0.1) is 11.3 Å². The number of nitrogens with one attached hydrogen (secondary N) is 2. The Bertz CT molecular complexity index is 760. The molecule has 0 atom stereocenters. The Balaban J connectivity index is 1.37. The summed E-state index contributed by atoms with van der Waals surface area (Å²) in [5.41, 5.74) is 1.17. The normalized spacial score (nSPS) is 15.4. The van der Waals surface area contributed by atoms with Crippen LogP contribution < -0.4 is 15.4 Å². The summed E-state index contributed by atoms with van der Waals surface area (Å²) >= 11 is 1.79. The Morgan fingerprint density at radius 2 is 2.10 bits per heavy atom. The van der Waals surface area contributed by atoms with Gasteiger partial charge in [-0.3, -0.25) is 9.89 Å². The number of thiophene rings is 1. The van der Waals surface area contributed by atoms with Gasteiger partial charge < -0.3 is 20.1 Å². The average Bonchev–Trinajstić information content (AvgIpc) is 3.30. The molecule has 1 saturated heterocycles. The summed E-state index contributed by atoms with van der Waals surface area (Å²) in [6, 6.07) is 13.1. The van der Waals surface area contributed by atoms with Gasteiger partial charge in [-0.1, -0.05) is 18.2 Å². The molecule has 6 nitrogen and oxygen atoms in total. The van der Waals surface area contributed by atoms with E-state index in [0.717, 1.165) is 57.3 Å². The second kappa shape index (κ2) is 12.6. The van der Waals surface area contributed by atoms with Gasteiger partial charge in [0.2, 0.25) is 0 Å². The number of nitrogens with zero attached hydrogens (tertiary/aromatic N) is 2. The maximum absolute atomic E-state index is 6.00. The molecule has 1 aliphatic rings. The highest BCUT2D eigenvalue weighted by molar-refractivity contribution is 7.09. The standard InChI is InChI=1S/C23H34N4O2S/c1-24-23(25-11-8-22-7-4-16-30-22)26-18-19-5-3-6-21(17-19)29-15-12-27(2)20-9-13-28-14-10-20/h3-7,16-17,20H,8-15,18H2,1-2H3,(H2,24,25,26). The highest BCUT2D eigenvalue weighted by atomic mass is 32.1. The molecule has 2 N–H and O–H groups in total. The van der Waals surface area contributed by atoms with Gasteiger partial charge in [0.1, 0.15) is 12.4 Å². The third-order valence-electron chi connectivity index (χ3n) is 5.35. The number of ether oxygens (including phenoxy) is 2. The largest absolute Gasteiger partial charge is 0.492 e. The van der Waals surface area contributed by atoms with Crippen LogP contribution in [0.1, 0.15) is 23.3 Å². The van der Waals surface area contributed by atoms with E-state index in [0.29, 0.717) is 19.2 Å². The molecule has 1 aliphatic heterocycles. The summed E-state index contributed by atoms with van der Waals surface area (Å²) in [6.07, 6.45) is 3.23. The second-order valence-electron chi connectivity index (χ2n) is 7.50. The molecule has 0 spiro atoms. The van der Waals surface area contributed by atoms with E-state index in [9.17, 15) is 0 Å². The maximum atomic E-state index is 6.00. The smallest absolute Gasteiger partial charge is 0.191 e. The van der Waals surface area contributed by atoms with E-state index < -0.39 is 0 Å². The molecular formula is C23H34N4O2S. The first-order valence-corrected chi connectivity index (χ1v) is 11.6. The van der Waals surface area contributed by atoms with Gasteiger partial charge in [-0.05, 0) is 55.5 Å². The lowest BCUT2D eigenvalue weighted by Gasteiger charge is -2.31. The molecular weight excluding hydrogens is 396 g/mol. The Morgan fingerprint density at radius 1 is 1.23 bits per heavy atom. The Morgan fingerprint density at radius 3 is 2.87 bits per heavy atom. The lowest BCUT2D eigenvalue weighted by Crippen LogP contribution is -2.38. The van der Waals surface area contributed by atoms with Gasteiger partial charge in [0.25, 0.3) is 0 Å². The van der Waals surface area contributed by atoms with Crippen LogP contribution in [-0.2, 0) is 17.7 Å². The van der Waals surface area contributed by atoms with Gasteiger partial charge in [-0.2, -0.15) is 0 Å². The van der Waals surface area contributed by atoms with Crippen LogP contribution >= 0.6 is 11.3 Å².